The monoisotopic (exact) mass is 716 g/mol. The van der Waals surface area contributed by atoms with Gasteiger partial charge in [-0.2, -0.15) is 0 Å². The van der Waals surface area contributed by atoms with Gasteiger partial charge in [-0.15, -0.1) is 0 Å². The molecule has 0 radical (unpaired) electrons. The Bertz CT molecular complexity index is 835. The molecule has 0 fully saturated rings. The van der Waals surface area contributed by atoms with Gasteiger partial charge in [-0.05, 0) is 77.6 Å². The maximum atomic E-state index is 12.4. The van der Waals surface area contributed by atoms with Crippen molar-refractivity contribution in [3.8, 4) is 0 Å². The highest BCUT2D eigenvalue weighted by atomic mass is 16.3. The maximum absolute atomic E-state index is 12.4. The molecule has 0 aliphatic heterocycles. The highest BCUT2D eigenvalue weighted by molar-refractivity contribution is 5.76. The topological polar surface area (TPSA) is 89.8 Å². The minimum absolute atomic E-state index is 0.164. The Morgan fingerprint density at radius 3 is 1.43 bits per heavy atom. The molecule has 0 rings (SSSR count). The lowest BCUT2D eigenvalue weighted by molar-refractivity contribution is -0.124. The Balaban J connectivity index is 3.53. The number of aliphatic hydroxyl groups is 3. The minimum atomic E-state index is -1.17. The van der Waals surface area contributed by atoms with Gasteiger partial charge in [-0.25, -0.2) is 0 Å². The van der Waals surface area contributed by atoms with E-state index in [-0.39, 0.29) is 12.5 Å². The molecule has 0 aromatic carbocycles. The first-order valence-corrected chi connectivity index (χ1v) is 21.9. The predicted octanol–water partition coefficient (Wildman–Crippen LogP) is 12.5. The second-order valence-corrected chi connectivity index (χ2v) is 14.9. The van der Waals surface area contributed by atoms with Crippen molar-refractivity contribution in [2.75, 3.05) is 6.61 Å². The van der Waals surface area contributed by atoms with Gasteiger partial charge in [0.1, 0.15) is 6.10 Å². The van der Waals surface area contributed by atoms with Crippen LogP contribution in [0.25, 0.3) is 0 Å². The molecule has 4 N–H and O–H groups in total. The van der Waals surface area contributed by atoms with E-state index in [2.05, 4.69) is 54.8 Å². The zero-order valence-corrected chi connectivity index (χ0v) is 33.7. The molecule has 3 unspecified atom stereocenters. The first-order chi connectivity index (χ1) is 25.1. The van der Waals surface area contributed by atoms with Gasteiger partial charge >= 0.3 is 0 Å². The van der Waals surface area contributed by atoms with Crippen molar-refractivity contribution in [1.29, 1.82) is 0 Å². The Hall–Kier alpha value is -1.69. The number of allylic oxidation sites excluding steroid dienone is 8. The molecule has 5 nitrogen and oxygen atoms in total. The zero-order chi connectivity index (χ0) is 37.3. The molecular weight excluding hydrogens is 631 g/mol. The predicted molar refractivity (Wildman–Crippen MR) is 222 cm³/mol. The molecule has 5 heteroatoms. The third-order valence-corrected chi connectivity index (χ3v) is 9.98. The minimum Gasteiger partial charge on any atom is -0.394 e. The summed E-state index contributed by atoms with van der Waals surface area (Å²) in [5, 5.41) is 33.2. The van der Waals surface area contributed by atoms with Crippen molar-refractivity contribution in [3.63, 3.8) is 0 Å². The summed E-state index contributed by atoms with van der Waals surface area (Å²) in [5.41, 5.74) is 0. The van der Waals surface area contributed by atoms with Crippen LogP contribution in [-0.2, 0) is 4.79 Å². The number of aliphatic hydroxyl groups excluding tert-OH is 3. The third-order valence-electron chi connectivity index (χ3n) is 9.98. The van der Waals surface area contributed by atoms with Crippen LogP contribution in [0, 0.1) is 0 Å². The van der Waals surface area contributed by atoms with E-state index in [4.69, 9.17) is 0 Å². The van der Waals surface area contributed by atoms with E-state index < -0.39 is 18.2 Å². The average Bonchev–Trinajstić information content (AvgIpc) is 3.13. The van der Waals surface area contributed by atoms with E-state index in [0.717, 1.165) is 51.4 Å². The summed E-state index contributed by atoms with van der Waals surface area (Å²) in [6.45, 7) is 3.92. The lowest BCUT2D eigenvalue weighted by Gasteiger charge is -2.26. The van der Waals surface area contributed by atoms with Gasteiger partial charge in [0.15, 0.2) is 0 Å². The fourth-order valence-corrected chi connectivity index (χ4v) is 6.57. The highest BCUT2D eigenvalue weighted by Crippen LogP contribution is 2.15. The first-order valence-electron chi connectivity index (χ1n) is 21.9. The van der Waals surface area contributed by atoms with Crippen LogP contribution in [0.15, 0.2) is 48.6 Å². The van der Waals surface area contributed by atoms with Crippen LogP contribution < -0.4 is 5.32 Å². The lowest BCUT2D eigenvalue weighted by Crippen LogP contribution is -2.50. The molecule has 298 valence electrons. The van der Waals surface area contributed by atoms with E-state index in [1.165, 1.54) is 135 Å². The van der Waals surface area contributed by atoms with Crippen LogP contribution in [0.3, 0.4) is 0 Å². The first kappa shape index (κ1) is 49.3. The van der Waals surface area contributed by atoms with Crippen LogP contribution in [0.1, 0.15) is 213 Å². The molecule has 1 amide bonds. The Morgan fingerprint density at radius 2 is 0.941 bits per heavy atom. The number of carbonyl (C=O) groups is 1. The van der Waals surface area contributed by atoms with Gasteiger partial charge in [0.05, 0.1) is 18.8 Å². The molecule has 0 aromatic heterocycles. The number of nitrogens with one attached hydrogen (secondary N) is 1. The number of rotatable bonds is 39. The largest absolute Gasteiger partial charge is 0.394 e. The summed E-state index contributed by atoms with van der Waals surface area (Å²) in [6, 6.07) is -0.831. The van der Waals surface area contributed by atoms with E-state index in [0.29, 0.717) is 12.8 Å². The van der Waals surface area contributed by atoms with Crippen LogP contribution in [-0.4, -0.2) is 46.1 Å². The average molecular weight is 716 g/mol. The molecule has 0 aliphatic carbocycles. The van der Waals surface area contributed by atoms with Gasteiger partial charge in [-0.1, -0.05) is 178 Å². The van der Waals surface area contributed by atoms with Gasteiger partial charge in [0.25, 0.3) is 0 Å². The van der Waals surface area contributed by atoms with Crippen molar-refractivity contribution in [2.24, 2.45) is 0 Å². The molecule has 0 saturated heterocycles. The third kappa shape index (κ3) is 36.5. The molecule has 3 atom stereocenters. The number of carbonyl (C=O) groups excluding carboxylic acids is 1. The zero-order valence-electron chi connectivity index (χ0n) is 33.7. The summed E-state index contributed by atoms with van der Waals surface area (Å²) in [6.07, 6.45) is 52.7. The van der Waals surface area contributed by atoms with E-state index >= 15 is 0 Å². The van der Waals surface area contributed by atoms with E-state index in [1.807, 2.05) is 13.0 Å². The second kappa shape index (κ2) is 41.1. The molecule has 0 aromatic rings. The fraction of sp³-hybridized carbons (Fsp3) is 0.804. The Labute approximate surface area is 316 Å². The van der Waals surface area contributed by atoms with E-state index in [9.17, 15) is 20.1 Å². The van der Waals surface area contributed by atoms with Crippen molar-refractivity contribution < 1.29 is 20.1 Å². The molecule has 0 saturated carbocycles. The molecule has 51 heavy (non-hydrogen) atoms. The quantitative estimate of drug-likeness (QED) is 0.0377. The summed E-state index contributed by atoms with van der Waals surface area (Å²) >= 11 is 0. The number of hydrogen-bond acceptors (Lipinski definition) is 4. The number of unbranched alkanes of at least 4 members (excludes halogenated alkanes) is 24. The highest BCUT2D eigenvalue weighted by Gasteiger charge is 2.26. The van der Waals surface area contributed by atoms with Crippen LogP contribution >= 0.6 is 0 Å². The normalized spacial score (nSPS) is 14.1. The SMILES string of the molecule is C/C=C/CC/C=C/CCCC(O)C(O)C(CO)NC(=O)CCCCCCCCCCCCCCC/C=C\C/C=C\CCCCCCCCCCC. The summed E-state index contributed by atoms with van der Waals surface area (Å²) in [5.74, 6) is -0.164. The molecule has 0 aliphatic rings. The van der Waals surface area contributed by atoms with Crippen molar-refractivity contribution in [2.45, 2.75) is 231 Å². The van der Waals surface area contributed by atoms with Crippen LogP contribution in [0.5, 0.6) is 0 Å². The van der Waals surface area contributed by atoms with Crippen molar-refractivity contribution in [1.82, 2.24) is 5.32 Å². The second-order valence-electron chi connectivity index (χ2n) is 14.9. The maximum Gasteiger partial charge on any atom is 0.220 e. The van der Waals surface area contributed by atoms with Crippen molar-refractivity contribution in [3.05, 3.63) is 48.6 Å². The van der Waals surface area contributed by atoms with Gasteiger partial charge in [-0.3, -0.25) is 4.79 Å². The fourth-order valence-electron chi connectivity index (χ4n) is 6.57. The summed E-state index contributed by atoms with van der Waals surface area (Å²) < 4.78 is 0. The summed E-state index contributed by atoms with van der Waals surface area (Å²) in [7, 11) is 0. The van der Waals surface area contributed by atoms with Crippen molar-refractivity contribution >= 4 is 5.91 Å². The van der Waals surface area contributed by atoms with Crippen LogP contribution in [0.4, 0.5) is 0 Å². The van der Waals surface area contributed by atoms with Gasteiger partial charge in [0.2, 0.25) is 5.91 Å². The molecule has 0 heterocycles. The molecular formula is C46H85NO4. The Morgan fingerprint density at radius 1 is 0.529 bits per heavy atom. The van der Waals surface area contributed by atoms with Gasteiger partial charge in [0, 0.05) is 6.42 Å². The number of amides is 1. The number of hydrogen-bond donors (Lipinski definition) is 4. The summed E-state index contributed by atoms with van der Waals surface area (Å²) in [4.78, 5) is 12.4. The van der Waals surface area contributed by atoms with Crippen LogP contribution in [0.2, 0.25) is 0 Å². The lowest BCUT2D eigenvalue weighted by atomic mass is 10.0. The molecule has 0 bridgehead atoms. The smallest absolute Gasteiger partial charge is 0.220 e. The Kier molecular flexibility index (Phi) is 39.7. The molecule has 0 spiro atoms. The van der Waals surface area contributed by atoms with Gasteiger partial charge < -0.3 is 20.6 Å². The van der Waals surface area contributed by atoms with E-state index in [1.54, 1.807) is 0 Å². The standard InChI is InChI=1S/C46H85NO4/c1-3-5-7-9-11-13-14-15-16-17-18-19-20-21-22-23-24-25-26-27-28-29-30-31-32-33-35-37-39-41-45(50)47-43(42-48)46(51)44(49)40-38-36-34-12-10-8-6-4-2/h4,6,12,18-19,21-22,34,43-44,46,48-49,51H,3,5,7-11,13-17,20,23-33,35-42H2,1-2H3,(H,47,50)/b6-4+,19-18-,22-21-,34-12+.